The molecule has 3 rings (SSSR count). The molecule has 2 saturated heterocycles. The van der Waals surface area contributed by atoms with E-state index in [0.29, 0.717) is 19.0 Å². The molecule has 1 N–H and O–H groups in total. The highest BCUT2D eigenvalue weighted by atomic mass is 32.2. The van der Waals surface area contributed by atoms with Crippen LogP contribution in [0.5, 0.6) is 0 Å². The zero-order valence-corrected chi connectivity index (χ0v) is 11.3. The highest BCUT2D eigenvalue weighted by molar-refractivity contribution is 7.91. The predicted octanol–water partition coefficient (Wildman–Crippen LogP) is -0.0835. The van der Waals surface area contributed by atoms with E-state index in [2.05, 4.69) is 5.32 Å². The highest BCUT2D eigenvalue weighted by Gasteiger charge is 2.40. The van der Waals surface area contributed by atoms with Crippen LogP contribution in [-0.2, 0) is 14.6 Å². The van der Waals surface area contributed by atoms with Crippen molar-refractivity contribution in [3.63, 3.8) is 0 Å². The summed E-state index contributed by atoms with van der Waals surface area (Å²) in [4.78, 5) is 14.0. The van der Waals surface area contributed by atoms with Gasteiger partial charge in [-0.25, -0.2) is 8.42 Å². The molecule has 3 aliphatic rings. The SMILES string of the molecule is O=C1C(NC2CC2)CCN1C1CCCS(=O)(=O)C1. The first-order valence-corrected chi connectivity index (χ1v) is 8.64. The first kappa shape index (κ1) is 12.4. The summed E-state index contributed by atoms with van der Waals surface area (Å²) < 4.78 is 23.3. The minimum Gasteiger partial charge on any atom is -0.337 e. The second kappa shape index (κ2) is 4.49. The summed E-state index contributed by atoms with van der Waals surface area (Å²) in [5.74, 6) is 0.563. The van der Waals surface area contributed by atoms with Gasteiger partial charge in [0.05, 0.1) is 17.5 Å². The highest BCUT2D eigenvalue weighted by Crippen LogP contribution is 2.26. The number of nitrogens with one attached hydrogen (secondary N) is 1. The number of sulfone groups is 1. The van der Waals surface area contributed by atoms with E-state index in [9.17, 15) is 13.2 Å². The molecule has 0 spiro atoms. The lowest BCUT2D eigenvalue weighted by Crippen LogP contribution is -2.47. The number of amides is 1. The molecule has 18 heavy (non-hydrogen) atoms. The second-order valence-corrected chi connectivity index (χ2v) is 7.95. The van der Waals surface area contributed by atoms with Crippen molar-refractivity contribution >= 4 is 15.7 Å². The number of nitrogens with zero attached hydrogens (tertiary/aromatic N) is 1. The van der Waals surface area contributed by atoms with Gasteiger partial charge in [-0.2, -0.15) is 0 Å². The fourth-order valence-corrected chi connectivity index (χ4v) is 4.70. The Morgan fingerprint density at radius 2 is 1.94 bits per heavy atom. The second-order valence-electron chi connectivity index (χ2n) is 5.72. The van der Waals surface area contributed by atoms with Gasteiger partial charge in [0, 0.05) is 18.6 Å². The lowest BCUT2D eigenvalue weighted by atomic mass is 10.1. The Morgan fingerprint density at radius 1 is 1.17 bits per heavy atom. The molecule has 2 unspecified atom stereocenters. The van der Waals surface area contributed by atoms with E-state index in [1.807, 2.05) is 0 Å². The molecule has 102 valence electrons. The molecular formula is C12H20N2O3S. The molecule has 1 aliphatic carbocycles. The summed E-state index contributed by atoms with van der Waals surface area (Å²) in [6.45, 7) is 0.712. The van der Waals surface area contributed by atoms with Crippen LogP contribution in [0.2, 0.25) is 0 Å². The minimum absolute atomic E-state index is 0.0675. The number of rotatable bonds is 3. The number of carbonyl (C=O) groups is 1. The third kappa shape index (κ3) is 2.54. The zero-order valence-electron chi connectivity index (χ0n) is 10.5. The minimum atomic E-state index is -2.94. The van der Waals surface area contributed by atoms with Crippen molar-refractivity contribution in [1.29, 1.82) is 0 Å². The number of hydrogen-bond donors (Lipinski definition) is 1. The van der Waals surface area contributed by atoms with Crippen molar-refractivity contribution in [3.8, 4) is 0 Å². The summed E-state index contributed by atoms with van der Waals surface area (Å²) in [5, 5.41) is 3.35. The van der Waals surface area contributed by atoms with Gasteiger partial charge in [0.15, 0.2) is 9.84 Å². The Kier molecular flexibility index (Phi) is 3.10. The van der Waals surface area contributed by atoms with Crippen LogP contribution in [0.4, 0.5) is 0 Å². The summed E-state index contributed by atoms with van der Waals surface area (Å²) in [6, 6.07) is 0.373. The maximum Gasteiger partial charge on any atom is 0.240 e. The van der Waals surface area contributed by atoms with Crippen molar-refractivity contribution in [1.82, 2.24) is 10.2 Å². The predicted molar refractivity (Wildman–Crippen MR) is 68.0 cm³/mol. The molecular weight excluding hydrogens is 252 g/mol. The third-order valence-corrected chi connectivity index (χ3v) is 5.94. The van der Waals surface area contributed by atoms with Crippen LogP contribution >= 0.6 is 0 Å². The van der Waals surface area contributed by atoms with E-state index in [4.69, 9.17) is 0 Å². The van der Waals surface area contributed by atoms with E-state index in [-0.39, 0.29) is 29.5 Å². The normalized spacial score (nSPS) is 36.0. The average molecular weight is 272 g/mol. The summed E-state index contributed by atoms with van der Waals surface area (Å²) in [7, 11) is -2.94. The molecule has 0 bridgehead atoms. The Balaban J connectivity index is 1.64. The summed E-state index contributed by atoms with van der Waals surface area (Å²) in [6.07, 6.45) is 4.69. The average Bonchev–Trinajstić information content (AvgIpc) is 3.03. The molecule has 6 heteroatoms. The molecule has 0 radical (unpaired) electrons. The van der Waals surface area contributed by atoms with E-state index in [0.717, 1.165) is 12.8 Å². The van der Waals surface area contributed by atoms with Crippen LogP contribution in [-0.4, -0.2) is 55.4 Å². The molecule has 2 heterocycles. The molecule has 5 nitrogen and oxygen atoms in total. The molecule has 0 aromatic heterocycles. The van der Waals surface area contributed by atoms with Crippen molar-refractivity contribution < 1.29 is 13.2 Å². The van der Waals surface area contributed by atoms with Crippen LogP contribution in [0.3, 0.4) is 0 Å². The van der Waals surface area contributed by atoms with Crippen LogP contribution in [0, 0.1) is 0 Å². The van der Waals surface area contributed by atoms with E-state index >= 15 is 0 Å². The third-order valence-electron chi connectivity index (χ3n) is 4.13. The van der Waals surface area contributed by atoms with Crippen molar-refractivity contribution in [3.05, 3.63) is 0 Å². The molecule has 0 aromatic carbocycles. The fraction of sp³-hybridized carbons (Fsp3) is 0.917. The van der Waals surface area contributed by atoms with Crippen LogP contribution in [0.1, 0.15) is 32.1 Å². The quantitative estimate of drug-likeness (QED) is 0.780. The zero-order chi connectivity index (χ0) is 12.8. The van der Waals surface area contributed by atoms with Gasteiger partial charge in [0.1, 0.15) is 0 Å². The molecule has 2 aliphatic heterocycles. The molecule has 1 saturated carbocycles. The van der Waals surface area contributed by atoms with Crippen molar-refractivity contribution in [2.75, 3.05) is 18.1 Å². The van der Waals surface area contributed by atoms with Gasteiger partial charge in [0.25, 0.3) is 0 Å². The van der Waals surface area contributed by atoms with Gasteiger partial charge in [-0.1, -0.05) is 0 Å². The molecule has 3 fully saturated rings. The Bertz CT molecular complexity index is 444. The summed E-state index contributed by atoms with van der Waals surface area (Å²) >= 11 is 0. The van der Waals surface area contributed by atoms with Gasteiger partial charge in [-0.3, -0.25) is 4.79 Å². The van der Waals surface area contributed by atoms with Crippen LogP contribution in [0.15, 0.2) is 0 Å². The first-order chi connectivity index (χ1) is 8.55. The Labute approximate surface area is 108 Å². The molecule has 2 atom stereocenters. The fourth-order valence-electron chi connectivity index (χ4n) is 3.00. The maximum atomic E-state index is 12.2. The topological polar surface area (TPSA) is 66.5 Å². The largest absolute Gasteiger partial charge is 0.337 e. The van der Waals surface area contributed by atoms with Gasteiger partial charge >= 0.3 is 0 Å². The molecule has 1 amide bonds. The number of hydrogen-bond acceptors (Lipinski definition) is 4. The van der Waals surface area contributed by atoms with Crippen molar-refractivity contribution in [2.45, 2.75) is 50.2 Å². The monoisotopic (exact) mass is 272 g/mol. The summed E-state index contributed by atoms with van der Waals surface area (Å²) in [5.41, 5.74) is 0. The lowest BCUT2D eigenvalue weighted by Gasteiger charge is -2.31. The molecule has 0 aromatic rings. The van der Waals surface area contributed by atoms with Gasteiger partial charge < -0.3 is 10.2 Å². The lowest BCUT2D eigenvalue weighted by molar-refractivity contribution is -0.131. The van der Waals surface area contributed by atoms with Crippen LogP contribution in [0.25, 0.3) is 0 Å². The van der Waals surface area contributed by atoms with Crippen LogP contribution < -0.4 is 5.32 Å². The van der Waals surface area contributed by atoms with E-state index < -0.39 is 9.84 Å². The Morgan fingerprint density at radius 3 is 2.61 bits per heavy atom. The number of likely N-dealkylation sites (tertiary alicyclic amines) is 1. The van der Waals surface area contributed by atoms with Gasteiger partial charge in [-0.05, 0) is 32.1 Å². The first-order valence-electron chi connectivity index (χ1n) is 6.82. The number of carbonyl (C=O) groups excluding carboxylic acids is 1. The van der Waals surface area contributed by atoms with E-state index in [1.165, 1.54) is 12.8 Å². The standard InChI is InChI=1S/C12H20N2O3S/c15-12-11(13-9-3-4-9)5-6-14(12)10-2-1-7-18(16,17)8-10/h9-11,13H,1-8H2. The van der Waals surface area contributed by atoms with Crippen molar-refractivity contribution in [2.24, 2.45) is 0 Å². The maximum absolute atomic E-state index is 12.2. The smallest absolute Gasteiger partial charge is 0.240 e. The van der Waals surface area contributed by atoms with E-state index in [1.54, 1.807) is 4.90 Å². The Hall–Kier alpha value is -0.620. The van der Waals surface area contributed by atoms with Gasteiger partial charge in [-0.15, -0.1) is 0 Å². The van der Waals surface area contributed by atoms with Gasteiger partial charge in [0.2, 0.25) is 5.91 Å².